The Morgan fingerprint density at radius 1 is 1.35 bits per heavy atom. The van der Waals surface area contributed by atoms with Crippen LogP contribution in [0.4, 0.5) is 0 Å². The third-order valence-electron chi connectivity index (χ3n) is 6.37. The first-order chi connectivity index (χ1) is 12.5. The molecule has 1 aromatic heterocycles. The number of nitrogens with one attached hydrogen (secondary N) is 1. The molecule has 1 saturated carbocycles. The lowest BCUT2D eigenvalue weighted by atomic mass is 9.69. The maximum absolute atomic E-state index is 12.9. The van der Waals surface area contributed by atoms with Crippen molar-refractivity contribution in [3.05, 3.63) is 11.7 Å². The van der Waals surface area contributed by atoms with E-state index in [9.17, 15) is 4.79 Å². The predicted octanol–water partition coefficient (Wildman–Crippen LogP) is 3.32. The van der Waals surface area contributed by atoms with Gasteiger partial charge in [0, 0.05) is 30.5 Å². The van der Waals surface area contributed by atoms with Crippen molar-refractivity contribution < 1.29 is 9.32 Å². The molecule has 0 spiro atoms. The Morgan fingerprint density at radius 3 is 2.81 bits per heavy atom. The Kier molecular flexibility index (Phi) is 6.33. The van der Waals surface area contributed by atoms with Gasteiger partial charge >= 0.3 is 0 Å². The van der Waals surface area contributed by atoms with E-state index in [4.69, 9.17) is 4.52 Å². The molecule has 2 fully saturated rings. The van der Waals surface area contributed by atoms with E-state index in [2.05, 4.69) is 41.1 Å². The van der Waals surface area contributed by atoms with Crippen molar-refractivity contribution >= 4 is 5.91 Å². The number of rotatable bonds is 6. The molecule has 26 heavy (non-hydrogen) atoms. The molecule has 2 heterocycles. The van der Waals surface area contributed by atoms with Gasteiger partial charge in [-0.2, -0.15) is 4.98 Å². The van der Waals surface area contributed by atoms with E-state index in [0.717, 1.165) is 37.9 Å². The number of hydrogen-bond acceptors (Lipinski definition) is 5. The van der Waals surface area contributed by atoms with E-state index in [1.54, 1.807) is 0 Å². The monoisotopic (exact) mass is 362 g/mol. The molecular weight excluding hydrogens is 328 g/mol. The Labute approximate surface area is 157 Å². The zero-order chi connectivity index (χ0) is 18.7. The standard InChI is InChI=1S/C20H34N4O2/c1-5-13(3)21-20(25)16-11-14(4)24(17-10-8-7-9-15(16)17)12-19-22-18(6-2)23-26-19/h13-17H,5-12H2,1-4H3,(H,21,25)/t13-,14-,15+,16+,17-/m1/s1. The summed E-state index contributed by atoms with van der Waals surface area (Å²) in [5.74, 6) is 2.32. The molecule has 1 amide bonds. The fourth-order valence-corrected chi connectivity index (χ4v) is 4.71. The second-order valence-corrected chi connectivity index (χ2v) is 8.15. The molecule has 5 atom stereocenters. The van der Waals surface area contributed by atoms with Crippen molar-refractivity contribution in [2.24, 2.45) is 11.8 Å². The fourth-order valence-electron chi connectivity index (χ4n) is 4.71. The smallest absolute Gasteiger partial charge is 0.240 e. The van der Waals surface area contributed by atoms with Crippen molar-refractivity contribution in [2.75, 3.05) is 0 Å². The van der Waals surface area contributed by atoms with Crippen LogP contribution in [-0.4, -0.2) is 39.1 Å². The summed E-state index contributed by atoms with van der Waals surface area (Å²) in [5.41, 5.74) is 0. The Bertz CT molecular complexity index is 602. The quantitative estimate of drug-likeness (QED) is 0.840. The number of piperidine rings is 1. The summed E-state index contributed by atoms with van der Waals surface area (Å²) in [5, 5.41) is 7.27. The number of aryl methyl sites for hydroxylation is 1. The average molecular weight is 363 g/mol. The zero-order valence-electron chi connectivity index (χ0n) is 16.7. The summed E-state index contributed by atoms with van der Waals surface area (Å²) >= 11 is 0. The third-order valence-corrected chi connectivity index (χ3v) is 6.37. The van der Waals surface area contributed by atoms with Crippen molar-refractivity contribution in [3.8, 4) is 0 Å². The van der Waals surface area contributed by atoms with Gasteiger partial charge in [0.15, 0.2) is 5.82 Å². The molecule has 0 aromatic carbocycles. The average Bonchev–Trinajstić information content (AvgIpc) is 3.11. The first-order valence-corrected chi connectivity index (χ1v) is 10.4. The lowest BCUT2D eigenvalue weighted by molar-refractivity contribution is -0.134. The molecule has 1 saturated heterocycles. The van der Waals surface area contributed by atoms with Crippen LogP contribution in [0.2, 0.25) is 0 Å². The highest BCUT2D eigenvalue weighted by molar-refractivity contribution is 5.79. The van der Waals surface area contributed by atoms with Crippen LogP contribution in [0, 0.1) is 11.8 Å². The van der Waals surface area contributed by atoms with Crippen molar-refractivity contribution in [1.82, 2.24) is 20.4 Å². The normalized spacial score (nSPS) is 30.6. The summed E-state index contributed by atoms with van der Waals surface area (Å²) in [7, 11) is 0. The Balaban J connectivity index is 1.74. The van der Waals surface area contributed by atoms with E-state index in [0.29, 0.717) is 30.4 Å². The number of likely N-dealkylation sites (tertiary alicyclic amines) is 1. The van der Waals surface area contributed by atoms with Crippen molar-refractivity contribution in [2.45, 2.75) is 97.3 Å². The molecule has 1 aromatic rings. The van der Waals surface area contributed by atoms with Crippen LogP contribution < -0.4 is 5.32 Å². The predicted molar refractivity (Wildman–Crippen MR) is 100 cm³/mol. The van der Waals surface area contributed by atoms with Crippen LogP contribution in [-0.2, 0) is 17.8 Å². The number of nitrogens with zero attached hydrogens (tertiary/aromatic N) is 3. The maximum atomic E-state index is 12.9. The van der Waals surface area contributed by atoms with Gasteiger partial charge in [-0.05, 0) is 45.4 Å². The third kappa shape index (κ3) is 4.11. The van der Waals surface area contributed by atoms with Crippen molar-refractivity contribution in [1.29, 1.82) is 0 Å². The van der Waals surface area contributed by atoms with Gasteiger partial charge in [0.1, 0.15) is 0 Å². The minimum atomic E-state index is 0.134. The molecule has 2 aliphatic rings. The van der Waals surface area contributed by atoms with Crippen molar-refractivity contribution in [3.63, 3.8) is 0 Å². The van der Waals surface area contributed by atoms with Crippen LogP contribution in [0.3, 0.4) is 0 Å². The van der Waals surface area contributed by atoms with Gasteiger partial charge in [0.25, 0.3) is 0 Å². The SMILES string of the molecule is CCc1noc(CN2[C@H](C)C[C@H](C(=O)N[C@H](C)CC)[C@@H]3CCCC[C@H]32)n1. The highest BCUT2D eigenvalue weighted by Crippen LogP contribution is 2.42. The fraction of sp³-hybridized carbons (Fsp3) is 0.850. The lowest BCUT2D eigenvalue weighted by Gasteiger charge is -2.50. The highest BCUT2D eigenvalue weighted by atomic mass is 16.5. The second-order valence-electron chi connectivity index (χ2n) is 8.15. The van der Waals surface area contributed by atoms with Gasteiger partial charge in [-0.15, -0.1) is 0 Å². The molecule has 6 nitrogen and oxygen atoms in total. The second kappa shape index (κ2) is 8.51. The Morgan fingerprint density at radius 2 is 2.12 bits per heavy atom. The van der Waals surface area contributed by atoms with E-state index < -0.39 is 0 Å². The first-order valence-electron chi connectivity index (χ1n) is 10.4. The zero-order valence-corrected chi connectivity index (χ0v) is 16.7. The minimum Gasteiger partial charge on any atom is -0.353 e. The number of fused-ring (bicyclic) bond motifs is 1. The highest BCUT2D eigenvalue weighted by Gasteiger charge is 2.45. The van der Waals surface area contributed by atoms with E-state index in [-0.39, 0.29) is 17.9 Å². The number of amides is 1. The summed E-state index contributed by atoms with van der Waals surface area (Å²) in [6.07, 6.45) is 7.48. The molecule has 0 bridgehead atoms. The van der Waals surface area contributed by atoms with Crippen LogP contribution in [0.1, 0.15) is 77.9 Å². The van der Waals surface area contributed by atoms with Crippen LogP contribution in [0.5, 0.6) is 0 Å². The summed E-state index contributed by atoms with van der Waals surface area (Å²) in [6, 6.07) is 1.04. The summed E-state index contributed by atoms with van der Waals surface area (Å²) < 4.78 is 5.45. The van der Waals surface area contributed by atoms with Crippen LogP contribution in [0.25, 0.3) is 0 Å². The number of carbonyl (C=O) groups excluding carboxylic acids is 1. The molecular formula is C20H34N4O2. The van der Waals surface area contributed by atoms with Gasteiger partial charge in [0.2, 0.25) is 11.8 Å². The van der Waals surface area contributed by atoms with E-state index in [1.165, 1.54) is 12.8 Å². The molecule has 146 valence electrons. The number of aromatic nitrogens is 2. The molecule has 3 rings (SSSR count). The van der Waals surface area contributed by atoms with Gasteiger partial charge < -0.3 is 9.84 Å². The number of hydrogen-bond donors (Lipinski definition) is 1. The van der Waals surface area contributed by atoms with E-state index in [1.807, 2.05) is 6.92 Å². The summed E-state index contributed by atoms with van der Waals surface area (Å²) in [6.45, 7) is 9.20. The topological polar surface area (TPSA) is 71.3 Å². The van der Waals surface area contributed by atoms with Gasteiger partial charge in [-0.3, -0.25) is 9.69 Å². The lowest BCUT2D eigenvalue weighted by Crippen LogP contribution is -2.57. The molecule has 1 aliphatic heterocycles. The molecule has 1 aliphatic carbocycles. The molecule has 0 unspecified atom stereocenters. The summed E-state index contributed by atoms with van der Waals surface area (Å²) in [4.78, 5) is 19.9. The van der Waals surface area contributed by atoms with E-state index >= 15 is 0 Å². The minimum absolute atomic E-state index is 0.134. The Hall–Kier alpha value is -1.43. The van der Waals surface area contributed by atoms with Gasteiger partial charge in [-0.1, -0.05) is 31.8 Å². The maximum Gasteiger partial charge on any atom is 0.240 e. The number of carbonyl (C=O) groups is 1. The van der Waals surface area contributed by atoms with Gasteiger partial charge in [-0.25, -0.2) is 0 Å². The van der Waals surface area contributed by atoms with Crippen LogP contribution in [0.15, 0.2) is 4.52 Å². The van der Waals surface area contributed by atoms with Crippen LogP contribution >= 0.6 is 0 Å². The largest absolute Gasteiger partial charge is 0.353 e. The molecule has 1 N–H and O–H groups in total. The first kappa shape index (κ1) is 19.3. The van der Waals surface area contributed by atoms with Gasteiger partial charge in [0.05, 0.1) is 6.54 Å². The molecule has 6 heteroatoms. The molecule has 0 radical (unpaired) electrons.